The first-order valence-electron chi connectivity index (χ1n) is 9.29. The molecule has 1 saturated carbocycles. The second-order valence-corrected chi connectivity index (χ2v) is 6.90. The number of benzene rings is 1. The Balaban J connectivity index is 1.54. The molecule has 1 heterocycles. The monoisotopic (exact) mass is 371 g/mol. The first-order valence-corrected chi connectivity index (χ1v) is 9.29. The average molecular weight is 371 g/mol. The molecule has 1 aliphatic rings. The Bertz CT molecular complexity index is 790. The Kier molecular flexibility index (Phi) is 6.11. The van der Waals surface area contributed by atoms with Gasteiger partial charge in [0.2, 0.25) is 5.91 Å². The van der Waals surface area contributed by atoms with Gasteiger partial charge in [0.15, 0.2) is 0 Å². The number of hydrazine groups is 1. The van der Waals surface area contributed by atoms with Crippen LogP contribution in [-0.4, -0.2) is 17.0 Å². The van der Waals surface area contributed by atoms with Gasteiger partial charge in [-0.05, 0) is 44.9 Å². The number of nitrogens with one attached hydrogen (secondary N) is 2. The van der Waals surface area contributed by atoms with Crippen LogP contribution in [-0.2, 0) is 11.4 Å². The molecule has 7 heteroatoms. The fourth-order valence-corrected chi connectivity index (χ4v) is 3.25. The lowest BCUT2D eigenvalue weighted by molar-refractivity contribution is -0.126. The van der Waals surface area contributed by atoms with Crippen LogP contribution in [0.2, 0.25) is 0 Å². The minimum Gasteiger partial charge on any atom is -0.489 e. The smallest absolute Gasteiger partial charge is 0.269 e. The summed E-state index contributed by atoms with van der Waals surface area (Å²) in [7, 11) is 0. The van der Waals surface area contributed by atoms with Gasteiger partial charge in [0.1, 0.15) is 18.1 Å². The number of aromatic nitrogens is 1. The maximum absolute atomic E-state index is 12.3. The largest absolute Gasteiger partial charge is 0.489 e. The molecule has 0 saturated heterocycles. The van der Waals surface area contributed by atoms with Crippen LogP contribution in [0.1, 0.15) is 59.5 Å². The summed E-state index contributed by atoms with van der Waals surface area (Å²) in [6.07, 6.45) is 5.07. The number of aryl methyl sites for hydroxylation is 2. The van der Waals surface area contributed by atoms with Gasteiger partial charge in [0.25, 0.3) is 5.91 Å². The molecule has 144 valence electrons. The quantitative estimate of drug-likeness (QED) is 0.787. The number of amides is 2. The lowest BCUT2D eigenvalue weighted by Crippen LogP contribution is -2.44. The molecule has 0 bridgehead atoms. The molecule has 1 aromatic heterocycles. The van der Waals surface area contributed by atoms with Crippen molar-refractivity contribution in [2.24, 2.45) is 5.92 Å². The minimum absolute atomic E-state index is 0.0104. The lowest BCUT2D eigenvalue weighted by atomic mass is 9.89. The maximum Gasteiger partial charge on any atom is 0.269 e. The standard InChI is InChI=1S/C20H25N3O4/c1-13-18(14(2)27-23-13)12-26-17-10-6-9-16(11-17)20(25)22-21-19(24)15-7-4-3-5-8-15/h6,9-11,15H,3-5,7-8,12H2,1-2H3,(H,21,24)(H,22,25). The summed E-state index contributed by atoms with van der Waals surface area (Å²) in [5, 5.41) is 3.89. The van der Waals surface area contributed by atoms with Crippen LogP contribution in [0.25, 0.3) is 0 Å². The van der Waals surface area contributed by atoms with Crippen LogP contribution in [0.3, 0.4) is 0 Å². The summed E-state index contributed by atoms with van der Waals surface area (Å²) in [5.74, 6) is 0.771. The molecular weight excluding hydrogens is 346 g/mol. The van der Waals surface area contributed by atoms with Crippen molar-refractivity contribution in [3.8, 4) is 5.75 Å². The molecule has 1 fully saturated rings. The number of rotatable bonds is 5. The molecule has 27 heavy (non-hydrogen) atoms. The van der Waals surface area contributed by atoms with E-state index in [9.17, 15) is 9.59 Å². The van der Waals surface area contributed by atoms with E-state index in [1.54, 1.807) is 24.3 Å². The second-order valence-electron chi connectivity index (χ2n) is 6.90. The number of carbonyl (C=O) groups excluding carboxylic acids is 2. The van der Waals surface area contributed by atoms with Gasteiger partial charge in [0.05, 0.1) is 11.3 Å². The number of carbonyl (C=O) groups is 2. The maximum atomic E-state index is 12.3. The van der Waals surface area contributed by atoms with E-state index in [1.807, 2.05) is 13.8 Å². The molecule has 2 N–H and O–H groups in total. The Labute approximate surface area is 158 Å². The average Bonchev–Trinajstić information content (AvgIpc) is 3.02. The molecule has 0 radical (unpaired) electrons. The van der Waals surface area contributed by atoms with Gasteiger partial charge in [-0.15, -0.1) is 0 Å². The fourth-order valence-electron chi connectivity index (χ4n) is 3.25. The van der Waals surface area contributed by atoms with Crippen LogP contribution in [0.4, 0.5) is 0 Å². The first kappa shape index (κ1) is 18.9. The predicted molar refractivity (Wildman–Crippen MR) is 98.9 cm³/mol. The van der Waals surface area contributed by atoms with E-state index in [-0.39, 0.29) is 17.7 Å². The zero-order valence-electron chi connectivity index (χ0n) is 15.7. The zero-order chi connectivity index (χ0) is 19.2. The van der Waals surface area contributed by atoms with Crippen molar-refractivity contribution >= 4 is 11.8 Å². The van der Waals surface area contributed by atoms with Gasteiger partial charge in [-0.1, -0.05) is 30.5 Å². The van der Waals surface area contributed by atoms with Gasteiger partial charge in [-0.2, -0.15) is 0 Å². The van der Waals surface area contributed by atoms with E-state index in [1.165, 1.54) is 6.42 Å². The second kappa shape index (κ2) is 8.70. The van der Waals surface area contributed by atoms with Crippen molar-refractivity contribution in [3.63, 3.8) is 0 Å². The molecule has 0 atom stereocenters. The van der Waals surface area contributed by atoms with Gasteiger partial charge < -0.3 is 9.26 Å². The van der Waals surface area contributed by atoms with Gasteiger partial charge in [0, 0.05) is 11.5 Å². The Morgan fingerprint density at radius 3 is 2.67 bits per heavy atom. The molecular formula is C20H25N3O4. The zero-order valence-corrected chi connectivity index (χ0v) is 15.7. The molecule has 2 aromatic rings. The minimum atomic E-state index is -0.373. The van der Waals surface area contributed by atoms with Crippen molar-refractivity contribution in [2.45, 2.75) is 52.6 Å². The third-order valence-corrected chi connectivity index (χ3v) is 4.94. The van der Waals surface area contributed by atoms with E-state index in [0.29, 0.717) is 23.7 Å². The molecule has 0 aliphatic heterocycles. The van der Waals surface area contributed by atoms with Crippen LogP contribution >= 0.6 is 0 Å². The predicted octanol–water partition coefficient (Wildman–Crippen LogP) is 3.21. The summed E-state index contributed by atoms with van der Waals surface area (Å²) < 4.78 is 10.9. The molecule has 0 unspecified atom stereocenters. The molecule has 7 nitrogen and oxygen atoms in total. The summed E-state index contributed by atoms with van der Waals surface area (Å²) >= 11 is 0. The van der Waals surface area contributed by atoms with Crippen LogP contribution in [0, 0.1) is 19.8 Å². The Morgan fingerprint density at radius 2 is 1.96 bits per heavy atom. The van der Waals surface area contributed by atoms with E-state index < -0.39 is 0 Å². The summed E-state index contributed by atoms with van der Waals surface area (Å²) in [5.41, 5.74) is 7.12. The van der Waals surface area contributed by atoms with Gasteiger partial charge >= 0.3 is 0 Å². The number of hydrogen-bond donors (Lipinski definition) is 2. The molecule has 2 amide bonds. The van der Waals surface area contributed by atoms with Crippen LogP contribution < -0.4 is 15.6 Å². The van der Waals surface area contributed by atoms with Gasteiger partial charge in [-0.3, -0.25) is 20.4 Å². The number of hydrogen-bond acceptors (Lipinski definition) is 5. The van der Waals surface area contributed by atoms with E-state index in [2.05, 4.69) is 16.0 Å². The van der Waals surface area contributed by atoms with Crippen molar-refractivity contribution in [2.75, 3.05) is 0 Å². The molecule has 0 spiro atoms. The van der Waals surface area contributed by atoms with Crippen LogP contribution in [0.15, 0.2) is 28.8 Å². The number of ether oxygens (including phenoxy) is 1. The SMILES string of the molecule is Cc1noc(C)c1COc1cccc(C(=O)NNC(=O)C2CCCCC2)c1. The summed E-state index contributed by atoms with van der Waals surface area (Å²) in [4.78, 5) is 24.5. The van der Waals surface area contributed by atoms with Gasteiger partial charge in [-0.25, -0.2) is 0 Å². The van der Waals surface area contributed by atoms with Crippen molar-refractivity contribution in [1.82, 2.24) is 16.0 Å². The molecule has 1 aromatic carbocycles. The Morgan fingerprint density at radius 1 is 1.19 bits per heavy atom. The lowest BCUT2D eigenvalue weighted by Gasteiger charge is -2.20. The molecule has 3 rings (SSSR count). The highest BCUT2D eigenvalue weighted by molar-refractivity contribution is 5.95. The highest BCUT2D eigenvalue weighted by Crippen LogP contribution is 2.23. The third kappa shape index (κ3) is 4.87. The van der Waals surface area contributed by atoms with E-state index >= 15 is 0 Å². The normalized spacial score (nSPS) is 14.6. The van der Waals surface area contributed by atoms with Crippen molar-refractivity contribution in [3.05, 3.63) is 46.8 Å². The van der Waals surface area contributed by atoms with Crippen molar-refractivity contribution in [1.29, 1.82) is 0 Å². The van der Waals surface area contributed by atoms with E-state index in [4.69, 9.17) is 9.26 Å². The Hall–Kier alpha value is -2.83. The topological polar surface area (TPSA) is 93.5 Å². The number of nitrogens with zero attached hydrogens (tertiary/aromatic N) is 1. The van der Waals surface area contributed by atoms with E-state index in [0.717, 1.165) is 36.9 Å². The van der Waals surface area contributed by atoms with Crippen LogP contribution in [0.5, 0.6) is 5.75 Å². The third-order valence-electron chi connectivity index (χ3n) is 4.94. The summed E-state index contributed by atoms with van der Waals surface area (Å²) in [6, 6.07) is 6.82. The first-order chi connectivity index (χ1) is 13.0. The highest BCUT2D eigenvalue weighted by atomic mass is 16.5. The summed E-state index contributed by atoms with van der Waals surface area (Å²) in [6.45, 7) is 4.00. The highest BCUT2D eigenvalue weighted by Gasteiger charge is 2.21. The fraction of sp³-hybridized carbons (Fsp3) is 0.450. The van der Waals surface area contributed by atoms with Crippen molar-refractivity contribution < 1.29 is 18.8 Å². The molecule has 1 aliphatic carbocycles.